The Morgan fingerprint density at radius 1 is 1.12 bits per heavy atom. The average Bonchev–Trinajstić information content (AvgIpc) is 3.26. The Kier molecular flexibility index (Phi) is 7.10. The van der Waals surface area contributed by atoms with Gasteiger partial charge in [0.05, 0.1) is 13.0 Å². The van der Waals surface area contributed by atoms with Crippen molar-refractivity contribution in [2.24, 2.45) is 5.92 Å². The topological polar surface area (TPSA) is 74.4 Å². The number of nitrogens with one attached hydrogen (secondary N) is 2. The van der Waals surface area contributed by atoms with Gasteiger partial charge in [-0.3, -0.25) is 9.59 Å². The van der Waals surface area contributed by atoms with E-state index >= 15 is 0 Å². The number of ether oxygens (including phenoxy) is 1. The molecular formula is C26H31N3O3. The van der Waals surface area contributed by atoms with Crippen LogP contribution in [0.15, 0.2) is 54.7 Å². The van der Waals surface area contributed by atoms with Gasteiger partial charge in [0.25, 0.3) is 0 Å². The molecule has 1 aliphatic heterocycles. The fraction of sp³-hybridized carbons (Fsp3) is 0.385. The minimum absolute atomic E-state index is 0.0487. The molecule has 32 heavy (non-hydrogen) atoms. The number of carbonyl (C=O) groups excluding carboxylic acids is 2. The summed E-state index contributed by atoms with van der Waals surface area (Å²) < 4.78 is 5.17. The van der Waals surface area contributed by atoms with Gasteiger partial charge in [-0.25, -0.2) is 0 Å². The minimum Gasteiger partial charge on any atom is -0.497 e. The molecule has 2 N–H and O–H groups in total. The summed E-state index contributed by atoms with van der Waals surface area (Å²) in [4.78, 5) is 30.6. The summed E-state index contributed by atoms with van der Waals surface area (Å²) >= 11 is 0. The molecule has 1 fully saturated rings. The summed E-state index contributed by atoms with van der Waals surface area (Å²) in [5.41, 5.74) is 3.42. The smallest absolute Gasteiger partial charge is 0.224 e. The molecule has 0 saturated carbocycles. The van der Waals surface area contributed by atoms with Crippen LogP contribution in [0, 0.1) is 5.92 Å². The molecule has 0 radical (unpaired) electrons. The first kappa shape index (κ1) is 21.9. The van der Waals surface area contributed by atoms with E-state index in [0.29, 0.717) is 25.9 Å². The summed E-state index contributed by atoms with van der Waals surface area (Å²) in [6.45, 7) is 1.85. The first-order chi connectivity index (χ1) is 15.6. The number of aromatic amines is 1. The summed E-state index contributed by atoms with van der Waals surface area (Å²) in [5, 5.41) is 4.23. The number of fused-ring (bicyclic) bond motifs is 1. The van der Waals surface area contributed by atoms with Crippen molar-refractivity contribution in [2.45, 2.75) is 32.1 Å². The van der Waals surface area contributed by atoms with Gasteiger partial charge >= 0.3 is 0 Å². The van der Waals surface area contributed by atoms with Gasteiger partial charge in [-0.1, -0.05) is 30.3 Å². The molecule has 2 amide bonds. The standard InChI is InChI=1S/C26H31N3O3/c1-32-22-11-8-19(9-12-22)14-15-27-26(31)21-5-4-16-29(18-21)25(30)13-10-20-17-28-24-7-3-2-6-23(20)24/h2-3,6-9,11-12,17,21,28H,4-5,10,13-16,18H2,1H3,(H,27,31). The third kappa shape index (κ3) is 5.31. The highest BCUT2D eigenvalue weighted by atomic mass is 16.5. The highest BCUT2D eigenvalue weighted by Gasteiger charge is 2.28. The van der Waals surface area contributed by atoms with Gasteiger partial charge < -0.3 is 19.9 Å². The Morgan fingerprint density at radius 2 is 1.94 bits per heavy atom. The first-order valence-corrected chi connectivity index (χ1v) is 11.4. The molecule has 168 valence electrons. The van der Waals surface area contributed by atoms with Gasteiger partial charge in [-0.05, 0) is 55.0 Å². The number of methoxy groups -OCH3 is 1. The second kappa shape index (κ2) is 10.4. The molecule has 3 aromatic rings. The van der Waals surface area contributed by atoms with Crippen LogP contribution in [-0.2, 0) is 22.4 Å². The van der Waals surface area contributed by atoms with Gasteiger partial charge in [0.2, 0.25) is 11.8 Å². The average molecular weight is 434 g/mol. The molecule has 1 aromatic heterocycles. The van der Waals surface area contributed by atoms with E-state index < -0.39 is 0 Å². The first-order valence-electron chi connectivity index (χ1n) is 11.4. The number of aryl methyl sites for hydroxylation is 1. The fourth-order valence-corrected chi connectivity index (χ4v) is 4.42. The molecule has 6 heteroatoms. The van der Waals surface area contributed by atoms with E-state index in [1.165, 1.54) is 10.9 Å². The van der Waals surface area contributed by atoms with Crippen LogP contribution in [-0.4, -0.2) is 48.4 Å². The number of H-pyrrole nitrogens is 1. The third-order valence-electron chi connectivity index (χ3n) is 6.30. The molecule has 2 aromatic carbocycles. The predicted octanol–water partition coefficient (Wildman–Crippen LogP) is 3.71. The van der Waals surface area contributed by atoms with Gasteiger partial charge in [0.1, 0.15) is 5.75 Å². The largest absolute Gasteiger partial charge is 0.497 e. The molecule has 1 atom stereocenters. The van der Waals surface area contributed by atoms with Crippen molar-refractivity contribution in [3.8, 4) is 5.75 Å². The number of benzene rings is 2. The molecule has 0 spiro atoms. The third-order valence-corrected chi connectivity index (χ3v) is 6.30. The second-order valence-corrected chi connectivity index (χ2v) is 8.43. The van der Waals surface area contributed by atoms with Crippen molar-refractivity contribution in [3.05, 3.63) is 65.9 Å². The molecule has 0 aliphatic carbocycles. The second-order valence-electron chi connectivity index (χ2n) is 8.43. The number of para-hydroxylation sites is 1. The van der Waals surface area contributed by atoms with Crippen LogP contribution in [0.2, 0.25) is 0 Å². The predicted molar refractivity (Wildman–Crippen MR) is 126 cm³/mol. The van der Waals surface area contributed by atoms with E-state index in [1.807, 2.05) is 53.6 Å². The summed E-state index contributed by atoms with van der Waals surface area (Å²) in [5.74, 6) is 0.879. The number of hydrogen-bond acceptors (Lipinski definition) is 3. The number of carbonyl (C=O) groups is 2. The lowest BCUT2D eigenvalue weighted by Gasteiger charge is -2.32. The molecule has 1 aliphatic rings. The van der Waals surface area contributed by atoms with Crippen LogP contribution >= 0.6 is 0 Å². The summed E-state index contributed by atoms with van der Waals surface area (Å²) in [7, 11) is 1.65. The Morgan fingerprint density at radius 3 is 2.75 bits per heavy atom. The maximum absolute atomic E-state index is 12.8. The van der Waals surface area contributed by atoms with E-state index in [9.17, 15) is 9.59 Å². The van der Waals surface area contributed by atoms with Crippen molar-refractivity contribution < 1.29 is 14.3 Å². The molecule has 1 unspecified atom stereocenters. The number of piperidine rings is 1. The van der Waals surface area contributed by atoms with E-state index in [0.717, 1.165) is 42.6 Å². The lowest BCUT2D eigenvalue weighted by molar-refractivity contribution is -0.135. The number of aromatic nitrogens is 1. The Balaban J connectivity index is 1.23. The number of rotatable bonds is 8. The van der Waals surface area contributed by atoms with Gasteiger partial charge in [-0.15, -0.1) is 0 Å². The fourth-order valence-electron chi connectivity index (χ4n) is 4.42. The van der Waals surface area contributed by atoms with E-state index in [4.69, 9.17) is 4.74 Å². The van der Waals surface area contributed by atoms with Gasteiger partial charge in [0, 0.05) is 43.2 Å². The number of amides is 2. The normalized spacial score (nSPS) is 16.2. The monoisotopic (exact) mass is 433 g/mol. The molecule has 6 nitrogen and oxygen atoms in total. The van der Waals surface area contributed by atoms with Crippen molar-refractivity contribution in [1.82, 2.24) is 15.2 Å². The van der Waals surface area contributed by atoms with Gasteiger partial charge in [-0.2, -0.15) is 0 Å². The molecular weight excluding hydrogens is 402 g/mol. The zero-order valence-corrected chi connectivity index (χ0v) is 18.6. The highest BCUT2D eigenvalue weighted by Crippen LogP contribution is 2.21. The van der Waals surface area contributed by atoms with Crippen LogP contribution in [0.3, 0.4) is 0 Å². The number of likely N-dealkylation sites (tertiary alicyclic amines) is 1. The number of hydrogen-bond donors (Lipinski definition) is 2. The molecule has 0 bridgehead atoms. The Bertz CT molecular complexity index is 1060. The molecule has 1 saturated heterocycles. The molecule has 4 rings (SSSR count). The summed E-state index contributed by atoms with van der Waals surface area (Å²) in [6, 6.07) is 16.0. The lowest BCUT2D eigenvalue weighted by atomic mass is 9.96. The minimum atomic E-state index is -0.128. The lowest BCUT2D eigenvalue weighted by Crippen LogP contribution is -2.45. The van der Waals surface area contributed by atoms with Crippen LogP contribution in [0.5, 0.6) is 5.75 Å². The zero-order valence-electron chi connectivity index (χ0n) is 18.6. The van der Waals surface area contributed by atoms with Crippen molar-refractivity contribution in [3.63, 3.8) is 0 Å². The van der Waals surface area contributed by atoms with Crippen molar-refractivity contribution in [1.29, 1.82) is 0 Å². The zero-order chi connectivity index (χ0) is 22.3. The van der Waals surface area contributed by atoms with Crippen LogP contribution in [0.4, 0.5) is 0 Å². The number of nitrogens with zero attached hydrogens (tertiary/aromatic N) is 1. The Labute approximate surface area is 188 Å². The van der Waals surface area contributed by atoms with E-state index in [1.54, 1.807) is 7.11 Å². The quantitative estimate of drug-likeness (QED) is 0.569. The van der Waals surface area contributed by atoms with Gasteiger partial charge in [0.15, 0.2) is 0 Å². The van der Waals surface area contributed by atoms with Crippen molar-refractivity contribution in [2.75, 3.05) is 26.7 Å². The van der Waals surface area contributed by atoms with Crippen LogP contribution in [0.25, 0.3) is 10.9 Å². The highest BCUT2D eigenvalue weighted by molar-refractivity contribution is 5.84. The maximum atomic E-state index is 12.8. The van der Waals surface area contributed by atoms with E-state index in [2.05, 4.69) is 16.4 Å². The van der Waals surface area contributed by atoms with Crippen molar-refractivity contribution >= 4 is 22.7 Å². The molecule has 2 heterocycles. The van der Waals surface area contributed by atoms with Crippen LogP contribution in [0.1, 0.15) is 30.4 Å². The maximum Gasteiger partial charge on any atom is 0.224 e. The summed E-state index contributed by atoms with van der Waals surface area (Å²) in [6.07, 6.45) is 5.64. The SMILES string of the molecule is COc1ccc(CCNC(=O)C2CCCN(C(=O)CCc3c[nH]c4ccccc34)C2)cc1. The van der Waals surface area contributed by atoms with E-state index in [-0.39, 0.29) is 17.7 Å². The van der Waals surface area contributed by atoms with Crippen LogP contribution < -0.4 is 10.1 Å². The Hall–Kier alpha value is -3.28.